The lowest BCUT2D eigenvalue weighted by Crippen LogP contribution is -2.25. The largest absolute Gasteiger partial charge is 0.330 e. The van der Waals surface area contributed by atoms with E-state index in [1.54, 1.807) is 0 Å². The van der Waals surface area contributed by atoms with E-state index in [1.165, 1.54) is 0 Å². The molecule has 0 saturated heterocycles. The molecule has 1 aromatic rings. The van der Waals surface area contributed by atoms with Gasteiger partial charge in [0.2, 0.25) is 0 Å². The number of nitrogens with zero attached hydrogens (tertiary/aromatic N) is 2. The maximum atomic E-state index is 5.66. The van der Waals surface area contributed by atoms with Crippen molar-refractivity contribution in [3.05, 3.63) is 30.1 Å². The molecular formula is C12H21N3. The fourth-order valence-corrected chi connectivity index (χ4v) is 1.65. The van der Waals surface area contributed by atoms with Gasteiger partial charge in [-0.2, -0.15) is 0 Å². The van der Waals surface area contributed by atoms with Crippen LogP contribution >= 0.6 is 0 Å². The summed E-state index contributed by atoms with van der Waals surface area (Å²) >= 11 is 0. The van der Waals surface area contributed by atoms with Crippen molar-refractivity contribution in [3.63, 3.8) is 0 Å². The monoisotopic (exact) mass is 207 g/mol. The molecule has 1 rings (SSSR count). The lowest BCUT2D eigenvalue weighted by atomic mass is 9.98. The van der Waals surface area contributed by atoms with Crippen LogP contribution in [0.1, 0.15) is 25.1 Å². The van der Waals surface area contributed by atoms with Gasteiger partial charge in [-0.15, -0.1) is 0 Å². The standard InChI is InChI=1S/C12H21N3/c1-10(9-13)8-12(15(2)3)11-6-4-5-7-14-11/h4-7,10,12H,8-9,13H2,1-3H3. The van der Waals surface area contributed by atoms with Gasteiger partial charge in [-0.3, -0.25) is 4.98 Å². The van der Waals surface area contributed by atoms with Crippen LogP contribution in [-0.4, -0.2) is 30.5 Å². The second-order valence-electron chi connectivity index (χ2n) is 4.31. The molecule has 1 heterocycles. The van der Waals surface area contributed by atoms with Crippen molar-refractivity contribution in [3.8, 4) is 0 Å². The predicted molar refractivity (Wildman–Crippen MR) is 63.5 cm³/mol. The second kappa shape index (κ2) is 5.83. The van der Waals surface area contributed by atoms with E-state index in [1.807, 2.05) is 18.3 Å². The highest BCUT2D eigenvalue weighted by Crippen LogP contribution is 2.23. The topological polar surface area (TPSA) is 42.1 Å². The molecule has 1 aromatic heterocycles. The summed E-state index contributed by atoms with van der Waals surface area (Å²) in [7, 11) is 4.17. The van der Waals surface area contributed by atoms with Gasteiger partial charge in [0.15, 0.2) is 0 Å². The van der Waals surface area contributed by atoms with Crippen molar-refractivity contribution in [2.45, 2.75) is 19.4 Å². The SMILES string of the molecule is CC(CN)CC(c1ccccn1)N(C)C. The Morgan fingerprint density at radius 3 is 2.60 bits per heavy atom. The Kier molecular flexibility index (Phi) is 4.72. The molecule has 2 atom stereocenters. The van der Waals surface area contributed by atoms with E-state index in [9.17, 15) is 0 Å². The lowest BCUT2D eigenvalue weighted by Gasteiger charge is -2.26. The van der Waals surface area contributed by atoms with Gasteiger partial charge in [0.1, 0.15) is 0 Å². The Morgan fingerprint density at radius 2 is 2.13 bits per heavy atom. The van der Waals surface area contributed by atoms with E-state index < -0.39 is 0 Å². The average Bonchev–Trinajstić information content (AvgIpc) is 2.26. The highest BCUT2D eigenvalue weighted by molar-refractivity contribution is 5.08. The van der Waals surface area contributed by atoms with Crippen molar-refractivity contribution < 1.29 is 0 Å². The number of hydrogen-bond acceptors (Lipinski definition) is 3. The van der Waals surface area contributed by atoms with E-state index in [0.29, 0.717) is 12.0 Å². The van der Waals surface area contributed by atoms with Crippen LogP contribution < -0.4 is 5.73 Å². The summed E-state index contributed by atoms with van der Waals surface area (Å²) in [6, 6.07) is 6.42. The molecule has 0 aliphatic heterocycles. The van der Waals surface area contributed by atoms with Gasteiger partial charge < -0.3 is 10.6 Å². The highest BCUT2D eigenvalue weighted by atomic mass is 15.1. The zero-order valence-corrected chi connectivity index (χ0v) is 9.85. The van der Waals surface area contributed by atoms with Crippen molar-refractivity contribution >= 4 is 0 Å². The molecule has 0 aliphatic rings. The fourth-order valence-electron chi connectivity index (χ4n) is 1.65. The maximum absolute atomic E-state index is 5.66. The third-order valence-corrected chi connectivity index (χ3v) is 2.68. The minimum atomic E-state index is 0.366. The highest BCUT2D eigenvalue weighted by Gasteiger charge is 2.17. The molecular weight excluding hydrogens is 186 g/mol. The van der Waals surface area contributed by atoms with E-state index >= 15 is 0 Å². The normalized spacial score (nSPS) is 15.3. The summed E-state index contributed by atoms with van der Waals surface area (Å²) in [4.78, 5) is 6.61. The molecule has 2 unspecified atom stereocenters. The summed E-state index contributed by atoms with van der Waals surface area (Å²) in [6.07, 6.45) is 2.90. The van der Waals surface area contributed by atoms with E-state index in [2.05, 4.69) is 37.0 Å². The van der Waals surface area contributed by atoms with Crippen LogP contribution in [0.2, 0.25) is 0 Å². The van der Waals surface area contributed by atoms with Crippen molar-refractivity contribution in [1.29, 1.82) is 0 Å². The van der Waals surface area contributed by atoms with Crippen molar-refractivity contribution in [2.75, 3.05) is 20.6 Å². The summed E-state index contributed by atoms with van der Waals surface area (Å²) in [6.45, 7) is 2.91. The van der Waals surface area contributed by atoms with Crippen LogP contribution in [0.15, 0.2) is 24.4 Å². The molecule has 0 fully saturated rings. The number of hydrogen-bond donors (Lipinski definition) is 1. The molecule has 0 spiro atoms. The Labute approximate surface area is 92.3 Å². The molecule has 3 heteroatoms. The zero-order valence-electron chi connectivity index (χ0n) is 9.85. The van der Waals surface area contributed by atoms with Gasteiger partial charge in [0.05, 0.1) is 11.7 Å². The Hall–Kier alpha value is -0.930. The van der Waals surface area contributed by atoms with Crippen LogP contribution in [0, 0.1) is 5.92 Å². The molecule has 2 N–H and O–H groups in total. The first-order valence-corrected chi connectivity index (χ1v) is 5.42. The van der Waals surface area contributed by atoms with E-state index in [4.69, 9.17) is 5.73 Å². The minimum Gasteiger partial charge on any atom is -0.330 e. The average molecular weight is 207 g/mol. The lowest BCUT2D eigenvalue weighted by molar-refractivity contribution is 0.250. The quantitative estimate of drug-likeness (QED) is 0.798. The number of aromatic nitrogens is 1. The summed E-state index contributed by atoms with van der Waals surface area (Å²) in [5.74, 6) is 0.527. The van der Waals surface area contributed by atoms with E-state index in [0.717, 1.165) is 18.7 Å². The van der Waals surface area contributed by atoms with Crippen LogP contribution in [0.5, 0.6) is 0 Å². The summed E-state index contributed by atoms with van der Waals surface area (Å²) in [5.41, 5.74) is 6.79. The number of nitrogens with two attached hydrogens (primary N) is 1. The van der Waals surface area contributed by atoms with Crippen LogP contribution in [0.4, 0.5) is 0 Å². The minimum absolute atomic E-state index is 0.366. The Morgan fingerprint density at radius 1 is 1.40 bits per heavy atom. The van der Waals surface area contributed by atoms with Gasteiger partial charge in [-0.25, -0.2) is 0 Å². The Balaban J connectivity index is 2.75. The predicted octanol–water partition coefficient (Wildman–Crippen LogP) is 1.67. The molecule has 0 aromatic carbocycles. The van der Waals surface area contributed by atoms with Gasteiger partial charge >= 0.3 is 0 Å². The third-order valence-electron chi connectivity index (χ3n) is 2.68. The van der Waals surface area contributed by atoms with Crippen LogP contribution in [0.3, 0.4) is 0 Å². The van der Waals surface area contributed by atoms with E-state index in [-0.39, 0.29) is 0 Å². The van der Waals surface area contributed by atoms with Crippen LogP contribution in [-0.2, 0) is 0 Å². The summed E-state index contributed by atoms with van der Waals surface area (Å²) < 4.78 is 0. The third kappa shape index (κ3) is 3.61. The van der Waals surface area contributed by atoms with Gasteiger partial charge in [-0.05, 0) is 45.1 Å². The maximum Gasteiger partial charge on any atom is 0.0575 e. The molecule has 0 radical (unpaired) electrons. The molecule has 0 aliphatic carbocycles. The second-order valence-corrected chi connectivity index (χ2v) is 4.31. The summed E-state index contributed by atoms with van der Waals surface area (Å²) in [5, 5.41) is 0. The van der Waals surface area contributed by atoms with Crippen LogP contribution in [0.25, 0.3) is 0 Å². The zero-order chi connectivity index (χ0) is 11.3. The van der Waals surface area contributed by atoms with Gasteiger partial charge in [-0.1, -0.05) is 13.0 Å². The molecule has 15 heavy (non-hydrogen) atoms. The molecule has 84 valence electrons. The molecule has 0 saturated carbocycles. The molecule has 0 amide bonds. The van der Waals surface area contributed by atoms with Gasteiger partial charge in [0.25, 0.3) is 0 Å². The first-order valence-electron chi connectivity index (χ1n) is 5.42. The number of pyridine rings is 1. The molecule has 3 nitrogen and oxygen atoms in total. The first-order chi connectivity index (χ1) is 7.15. The smallest absolute Gasteiger partial charge is 0.0575 e. The van der Waals surface area contributed by atoms with Crippen molar-refractivity contribution in [1.82, 2.24) is 9.88 Å². The first kappa shape index (κ1) is 12.1. The van der Waals surface area contributed by atoms with Crippen molar-refractivity contribution in [2.24, 2.45) is 11.7 Å². The molecule has 0 bridgehead atoms. The van der Waals surface area contributed by atoms with Gasteiger partial charge in [0, 0.05) is 6.20 Å². The Bertz CT molecular complexity index is 271. The number of rotatable bonds is 5. The fraction of sp³-hybridized carbons (Fsp3) is 0.583.